The second kappa shape index (κ2) is 11.7. The highest BCUT2D eigenvalue weighted by atomic mass is 16.2. The van der Waals surface area contributed by atoms with Gasteiger partial charge in [-0.25, -0.2) is 0 Å². The van der Waals surface area contributed by atoms with Crippen LogP contribution in [0, 0.1) is 0 Å². The molecule has 43 heavy (non-hydrogen) atoms. The zero-order valence-electron chi connectivity index (χ0n) is 24.8. The molecule has 0 aromatic heterocycles. The van der Waals surface area contributed by atoms with Gasteiger partial charge in [-0.2, -0.15) is 0 Å². The Hall–Kier alpha value is -4.40. The maximum absolute atomic E-state index is 13.3. The highest BCUT2D eigenvalue weighted by molar-refractivity contribution is 6.26. The van der Waals surface area contributed by atoms with Crippen LogP contribution < -0.4 is 5.32 Å². The molecule has 2 heterocycles. The van der Waals surface area contributed by atoms with Gasteiger partial charge in [-0.05, 0) is 75.3 Å². The fourth-order valence-corrected chi connectivity index (χ4v) is 6.36. The van der Waals surface area contributed by atoms with Crippen LogP contribution in [0.25, 0.3) is 21.5 Å². The topological polar surface area (TPSA) is 90.0 Å². The summed E-state index contributed by atoms with van der Waals surface area (Å²) >= 11 is 0. The van der Waals surface area contributed by atoms with Crippen molar-refractivity contribution in [1.29, 1.82) is 0 Å². The number of benzene rings is 4. The van der Waals surface area contributed by atoms with Gasteiger partial charge in [0.2, 0.25) is 0 Å². The van der Waals surface area contributed by atoms with Crippen molar-refractivity contribution in [3.63, 3.8) is 0 Å². The average Bonchev–Trinajstić information content (AvgIpc) is 3.01. The second-order valence-corrected chi connectivity index (χ2v) is 11.7. The van der Waals surface area contributed by atoms with Crippen LogP contribution in [0.2, 0.25) is 0 Å². The van der Waals surface area contributed by atoms with E-state index in [-0.39, 0.29) is 42.3 Å². The molecule has 4 amide bonds. The molecule has 0 bridgehead atoms. The van der Waals surface area contributed by atoms with Gasteiger partial charge in [-0.3, -0.25) is 33.9 Å². The van der Waals surface area contributed by atoms with Gasteiger partial charge in [0.1, 0.15) is 0 Å². The predicted octanol–water partition coefficient (Wildman–Crippen LogP) is 4.96. The number of hydrogen-bond acceptors (Lipinski definition) is 6. The van der Waals surface area contributed by atoms with E-state index in [9.17, 15) is 19.2 Å². The van der Waals surface area contributed by atoms with Crippen molar-refractivity contribution in [2.45, 2.75) is 39.3 Å². The third-order valence-corrected chi connectivity index (χ3v) is 8.62. The van der Waals surface area contributed by atoms with E-state index < -0.39 is 0 Å². The number of rotatable bonds is 11. The summed E-state index contributed by atoms with van der Waals surface area (Å²) in [6.07, 6.45) is 0.830. The molecule has 8 heteroatoms. The van der Waals surface area contributed by atoms with Crippen LogP contribution in [-0.4, -0.2) is 83.1 Å². The minimum atomic E-state index is -0.255. The third-order valence-electron chi connectivity index (χ3n) is 8.62. The Morgan fingerprint density at radius 1 is 0.628 bits per heavy atom. The van der Waals surface area contributed by atoms with Crippen molar-refractivity contribution >= 4 is 45.2 Å². The van der Waals surface area contributed by atoms with Crippen molar-refractivity contribution in [1.82, 2.24) is 20.0 Å². The fraction of sp³-hybridized carbons (Fsp3) is 0.314. The Kier molecular flexibility index (Phi) is 7.81. The van der Waals surface area contributed by atoms with Crippen LogP contribution >= 0.6 is 0 Å². The number of carbonyl (C=O) groups is 4. The summed E-state index contributed by atoms with van der Waals surface area (Å²) in [7, 11) is 0. The third kappa shape index (κ3) is 5.21. The highest BCUT2D eigenvalue weighted by Crippen LogP contribution is 2.31. The Balaban J connectivity index is 1.02. The lowest BCUT2D eigenvalue weighted by Crippen LogP contribution is -2.48. The van der Waals surface area contributed by atoms with Gasteiger partial charge in [-0.15, -0.1) is 0 Å². The van der Waals surface area contributed by atoms with Gasteiger partial charge in [0.15, 0.2) is 0 Å². The van der Waals surface area contributed by atoms with Crippen molar-refractivity contribution in [3.8, 4) is 0 Å². The Bertz CT molecular complexity index is 1660. The molecule has 0 saturated heterocycles. The van der Waals surface area contributed by atoms with Crippen LogP contribution in [0.5, 0.6) is 0 Å². The summed E-state index contributed by atoms with van der Waals surface area (Å²) < 4.78 is 0. The first-order valence-corrected chi connectivity index (χ1v) is 15.0. The molecule has 0 radical (unpaired) electrons. The van der Waals surface area contributed by atoms with Crippen LogP contribution in [0.3, 0.4) is 0 Å². The second-order valence-electron chi connectivity index (χ2n) is 11.7. The van der Waals surface area contributed by atoms with Gasteiger partial charge in [-0.1, -0.05) is 48.5 Å². The molecule has 6 rings (SSSR count). The summed E-state index contributed by atoms with van der Waals surface area (Å²) in [6.45, 7) is 8.84. The predicted molar refractivity (Wildman–Crippen MR) is 167 cm³/mol. The molecule has 4 aromatic carbocycles. The number of hydrogen-bond donors (Lipinski definition) is 1. The minimum absolute atomic E-state index is 0.0868. The molecule has 220 valence electrons. The van der Waals surface area contributed by atoms with E-state index in [1.165, 1.54) is 9.80 Å². The standard InChI is InChI=1S/C35H36N4O4/c1-22(2)37(19-20-38-32(40)26-13-4-9-24-10-5-14-27(30(24)26)33(38)41)18-8-17-36-23(3)21-39-34(42)28-15-6-11-25-12-7-16-29(31(25)28)35(39)43/h4-7,9-16,22-23,36H,8,17-21H2,1-3H3. The van der Waals surface area contributed by atoms with E-state index in [1.54, 1.807) is 24.3 Å². The molecule has 2 aliphatic rings. The van der Waals surface area contributed by atoms with Crippen LogP contribution in [0.4, 0.5) is 0 Å². The number of carbonyl (C=O) groups excluding carboxylic acids is 4. The molecular weight excluding hydrogens is 540 g/mol. The highest BCUT2D eigenvalue weighted by Gasteiger charge is 2.34. The smallest absolute Gasteiger partial charge is 0.261 e. The van der Waals surface area contributed by atoms with E-state index in [4.69, 9.17) is 0 Å². The molecule has 0 aliphatic carbocycles. The van der Waals surface area contributed by atoms with E-state index in [1.807, 2.05) is 55.5 Å². The first kappa shape index (κ1) is 28.7. The molecule has 1 N–H and O–H groups in total. The van der Waals surface area contributed by atoms with E-state index in [2.05, 4.69) is 24.1 Å². The normalized spacial score (nSPS) is 15.5. The Labute approximate surface area is 251 Å². The zero-order chi connectivity index (χ0) is 30.2. The van der Waals surface area contributed by atoms with E-state index in [0.717, 1.165) is 34.5 Å². The lowest BCUT2D eigenvalue weighted by molar-refractivity contribution is 0.0577. The number of nitrogens with zero attached hydrogens (tertiary/aromatic N) is 3. The largest absolute Gasteiger partial charge is 0.312 e. The summed E-state index contributed by atoms with van der Waals surface area (Å²) in [4.78, 5) is 58.0. The number of nitrogens with one attached hydrogen (secondary N) is 1. The molecule has 1 atom stereocenters. The molecule has 0 fully saturated rings. The summed E-state index contributed by atoms with van der Waals surface area (Å²) in [6, 6.07) is 22.4. The molecule has 1 unspecified atom stereocenters. The summed E-state index contributed by atoms with van der Waals surface area (Å²) in [5.74, 6) is -0.993. The molecule has 4 aromatic rings. The Morgan fingerprint density at radius 3 is 1.51 bits per heavy atom. The van der Waals surface area contributed by atoms with Crippen molar-refractivity contribution < 1.29 is 19.2 Å². The van der Waals surface area contributed by atoms with Crippen molar-refractivity contribution in [2.24, 2.45) is 0 Å². The van der Waals surface area contributed by atoms with Crippen LogP contribution in [-0.2, 0) is 0 Å². The first-order valence-electron chi connectivity index (χ1n) is 15.0. The molecular formula is C35H36N4O4. The lowest BCUT2D eigenvalue weighted by atomic mass is 9.94. The van der Waals surface area contributed by atoms with Gasteiger partial charge >= 0.3 is 0 Å². The van der Waals surface area contributed by atoms with E-state index in [0.29, 0.717) is 41.9 Å². The van der Waals surface area contributed by atoms with Crippen LogP contribution in [0.1, 0.15) is 68.6 Å². The average molecular weight is 577 g/mol. The van der Waals surface area contributed by atoms with Gasteiger partial charge in [0.05, 0.1) is 0 Å². The van der Waals surface area contributed by atoms with Gasteiger partial charge in [0, 0.05) is 64.7 Å². The van der Waals surface area contributed by atoms with E-state index >= 15 is 0 Å². The molecule has 0 spiro atoms. The van der Waals surface area contributed by atoms with Gasteiger partial charge < -0.3 is 5.32 Å². The SMILES string of the molecule is CC(CN1C(=O)c2cccc3cccc(c23)C1=O)NCCCN(CCN1C(=O)c2cccc3cccc(c23)C1=O)C(C)C. The first-order chi connectivity index (χ1) is 20.8. The Morgan fingerprint density at radius 2 is 1.07 bits per heavy atom. The quantitative estimate of drug-likeness (QED) is 0.201. The maximum atomic E-state index is 13.3. The summed E-state index contributed by atoms with van der Waals surface area (Å²) in [5, 5.41) is 6.74. The van der Waals surface area contributed by atoms with Gasteiger partial charge in [0.25, 0.3) is 23.6 Å². The van der Waals surface area contributed by atoms with Crippen LogP contribution in [0.15, 0.2) is 72.8 Å². The zero-order valence-corrected chi connectivity index (χ0v) is 24.8. The fourth-order valence-electron chi connectivity index (χ4n) is 6.36. The monoisotopic (exact) mass is 576 g/mol. The summed E-state index contributed by atoms with van der Waals surface area (Å²) in [5.41, 5.74) is 2.29. The molecule has 8 nitrogen and oxygen atoms in total. The minimum Gasteiger partial charge on any atom is -0.312 e. The lowest BCUT2D eigenvalue weighted by Gasteiger charge is -2.32. The number of imide groups is 2. The molecule has 2 aliphatic heterocycles. The maximum Gasteiger partial charge on any atom is 0.261 e. The van der Waals surface area contributed by atoms with Crippen molar-refractivity contribution in [3.05, 3.63) is 95.1 Å². The van der Waals surface area contributed by atoms with Crippen molar-refractivity contribution in [2.75, 3.05) is 32.7 Å². The molecule has 0 saturated carbocycles. The number of amides is 4.